The molecule has 1 aromatic carbocycles. The third-order valence-corrected chi connectivity index (χ3v) is 5.15. The fraction of sp³-hybridized carbons (Fsp3) is 0.381. The largest absolute Gasteiger partial charge is 0.507 e. The van der Waals surface area contributed by atoms with Crippen molar-refractivity contribution in [3.05, 3.63) is 42.2 Å². The first-order valence-electron chi connectivity index (χ1n) is 9.46. The van der Waals surface area contributed by atoms with Crippen LogP contribution in [0, 0.1) is 0 Å². The van der Waals surface area contributed by atoms with Gasteiger partial charge in [-0.2, -0.15) is 0 Å². The summed E-state index contributed by atoms with van der Waals surface area (Å²) in [7, 11) is 0. The fourth-order valence-corrected chi connectivity index (χ4v) is 3.74. The van der Waals surface area contributed by atoms with Crippen molar-refractivity contribution in [2.24, 2.45) is 0 Å². The summed E-state index contributed by atoms with van der Waals surface area (Å²) in [5.41, 5.74) is 0.302. The monoisotopic (exact) mass is 400 g/mol. The van der Waals surface area contributed by atoms with Crippen LogP contribution in [-0.2, 0) is 4.74 Å². The number of rotatable bonds is 4. The van der Waals surface area contributed by atoms with Crippen LogP contribution >= 0.6 is 0 Å². The first kappa shape index (κ1) is 19.4. The molecular formula is C21H22F2N4O2. The first-order valence-corrected chi connectivity index (χ1v) is 9.46. The summed E-state index contributed by atoms with van der Waals surface area (Å²) in [6.07, 6.45) is 2.33. The number of hydrogen-bond acceptors (Lipinski definition) is 6. The van der Waals surface area contributed by atoms with Crippen LogP contribution in [0.15, 0.2) is 36.7 Å². The molecule has 152 valence electrons. The van der Waals surface area contributed by atoms with Crippen molar-refractivity contribution in [2.75, 3.05) is 11.9 Å². The number of benzene rings is 1. The molecule has 8 heteroatoms. The molecule has 2 aromatic heterocycles. The Bertz CT molecular complexity index is 1040. The quantitative estimate of drug-likeness (QED) is 0.661. The number of hydrogen-bond donors (Lipinski definition) is 2. The van der Waals surface area contributed by atoms with Crippen LogP contribution in [0.3, 0.4) is 0 Å². The summed E-state index contributed by atoms with van der Waals surface area (Å²) in [5.74, 6) is 0.338. The number of fused-ring (bicyclic) bond motifs is 1. The molecule has 0 spiro atoms. The Labute approximate surface area is 166 Å². The van der Waals surface area contributed by atoms with Crippen molar-refractivity contribution in [3.8, 4) is 17.0 Å². The van der Waals surface area contributed by atoms with Gasteiger partial charge in [-0.25, -0.2) is 8.78 Å². The summed E-state index contributed by atoms with van der Waals surface area (Å²) < 4.78 is 31.6. The molecule has 3 aromatic rings. The minimum absolute atomic E-state index is 0.182. The van der Waals surface area contributed by atoms with Crippen LogP contribution in [0.25, 0.3) is 22.0 Å². The van der Waals surface area contributed by atoms with Crippen molar-refractivity contribution in [3.63, 3.8) is 0 Å². The molecule has 1 saturated heterocycles. The van der Waals surface area contributed by atoms with Crippen LogP contribution in [0.5, 0.6) is 5.75 Å². The Morgan fingerprint density at radius 3 is 2.76 bits per heavy atom. The van der Waals surface area contributed by atoms with E-state index in [0.29, 0.717) is 23.7 Å². The molecule has 29 heavy (non-hydrogen) atoms. The molecular weight excluding hydrogens is 378 g/mol. The SMILES string of the molecule is CC1(C)C[C@@H](Nc2nnc(-c3ccc(C(F)F)cc3O)c3ccncc23)CCO1. The number of phenolic OH excluding ortho intramolecular Hbond substituents is 1. The first-order chi connectivity index (χ1) is 13.8. The van der Waals surface area contributed by atoms with Crippen molar-refractivity contribution in [2.45, 2.75) is 44.8 Å². The van der Waals surface area contributed by atoms with E-state index >= 15 is 0 Å². The number of pyridine rings is 1. The second-order valence-electron chi connectivity index (χ2n) is 7.84. The summed E-state index contributed by atoms with van der Waals surface area (Å²) in [5, 5.41) is 23.8. The molecule has 0 saturated carbocycles. The second-order valence-corrected chi connectivity index (χ2v) is 7.84. The number of nitrogens with one attached hydrogen (secondary N) is 1. The highest BCUT2D eigenvalue weighted by atomic mass is 19.3. The van der Waals surface area contributed by atoms with Gasteiger partial charge in [-0.05, 0) is 44.9 Å². The Kier molecular flexibility index (Phi) is 5.04. The Morgan fingerprint density at radius 2 is 2.03 bits per heavy atom. The number of aromatic nitrogens is 3. The number of aromatic hydroxyl groups is 1. The molecule has 1 fully saturated rings. The predicted octanol–water partition coefficient (Wildman–Crippen LogP) is 4.70. The lowest BCUT2D eigenvalue weighted by molar-refractivity contribution is -0.0553. The Hall–Kier alpha value is -2.87. The number of halogens is 2. The van der Waals surface area contributed by atoms with Crippen molar-refractivity contribution < 1.29 is 18.6 Å². The van der Waals surface area contributed by atoms with E-state index in [9.17, 15) is 13.9 Å². The van der Waals surface area contributed by atoms with Crippen LogP contribution in [0.1, 0.15) is 38.7 Å². The van der Waals surface area contributed by atoms with Gasteiger partial charge < -0.3 is 15.2 Å². The van der Waals surface area contributed by atoms with E-state index in [1.807, 2.05) is 0 Å². The molecule has 0 amide bonds. The lowest BCUT2D eigenvalue weighted by Gasteiger charge is -2.36. The minimum atomic E-state index is -2.66. The van der Waals surface area contributed by atoms with Crippen molar-refractivity contribution in [1.82, 2.24) is 15.2 Å². The number of anilines is 1. The maximum Gasteiger partial charge on any atom is 0.263 e. The fourth-order valence-electron chi connectivity index (χ4n) is 3.74. The van der Waals surface area contributed by atoms with Gasteiger partial charge in [0.2, 0.25) is 0 Å². The molecule has 0 aliphatic carbocycles. The van der Waals surface area contributed by atoms with Crippen molar-refractivity contribution in [1.29, 1.82) is 0 Å². The van der Waals surface area contributed by atoms with E-state index in [4.69, 9.17) is 4.74 Å². The summed E-state index contributed by atoms with van der Waals surface area (Å²) >= 11 is 0. The maximum absolute atomic E-state index is 12.9. The van der Waals surface area contributed by atoms with Gasteiger partial charge in [0.25, 0.3) is 6.43 Å². The average Bonchev–Trinajstić information content (AvgIpc) is 2.68. The number of nitrogens with zero attached hydrogens (tertiary/aromatic N) is 3. The van der Waals surface area contributed by atoms with Crippen LogP contribution in [0.2, 0.25) is 0 Å². The lowest BCUT2D eigenvalue weighted by Crippen LogP contribution is -2.40. The van der Waals surface area contributed by atoms with Gasteiger partial charge in [0, 0.05) is 46.9 Å². The molecule has 4 rings (SSSR count). The highest BCUT2D eigenvalue weighted by Gasteiger charge is 2.29. The zero-order valence-corrected chi connectivity index (χ0v) is 16.2. The molecule has 2 N–H and O–H groups in total. The van der Waals surface area contributed by atoms with Crippen LogP contribution < -0.4 is 5.32 Å². The smallest absolute Gasteiger partial charge is 0.263 e. The van der Waals surface area contributed by atoms with Gasteiger partial charge >= 0.3 is 0 Å². The van der Waals surface area contributed by atoms with Gasteiger partial charge in [0.1, 0.15) is 11.4 Å². The molecule has 1 aliphatic rings. The highest BCUT2D eigenvalue weighted by molar-refractivity contribution is 6.00. The van der Waals surface area contributed by atoms with Gasteiger partial charge in [-0.1, -0.05) is 6.07 Å². The van der Waals surface area contributed by atoms with E-state index in [1.54, 1.807) is 18.5 Å². The average molecular weight is 400 g/mol. The van der Waals surface area contributed by atoms with Crippen molar-refractivity contribution >= 4 is 16.6 Å². The van der Waals surface area contributed by atoms with E-state index in [2.05, 4.69) is 34.3 Å². The standard InChI is InChI=1S/C21H22F2N4O2/c1-21(2)10-13(6-8-29-21)25-20-16-11-24-7-5-14(16)18(26-27-20)15-4-3-12(19(22)23)9-17(15)28/h3-5,7,9,11,13,19,28H,6,8,10H2,1-2H3,(H,25,27)/t13-/m0/s1. The summed E-state index contributed by atoms with van der Waals surface area (Å²) in [6.45, 7) is 4.78. The predicted molar refractivity (Wildman–Crippen MR) is 106 cm³/mol. The zero-order chi connectivity index (χ0) is 20.6. The number of ether oxygens (including phenoxy) is 1. The summed E-state index contributed by atoms with van der Waals surface area (Å²) in [4.78, 5) is 4.20. The second kappa shape index (κ2) is 7.51. The highest BCUT2D eigenvalue weighted by Crippen LogP contribution is 2.37. The van der Waals surface area contributed by atoms with E-state index in [1.165, 1.54) is 12.1 Å². The molecule has 1 aliphatic heterocycles. The topological polar surface area (TPSA) is 80.2 Å². The van der Waals surface area contributed by atoms with Crippen LogP contribution in [-0.4, -0.2) is 38.5 Å². The number of phenols is 1. The molecule has 0 unspecified atom stereocenters. The van der Waals surface area contributed by atoms with E-state index in [0.717, 1.165) is 29.7 Å². The van der Waals surface area contributed by atoms with E-state index < -0.39 is 6.43 Å². The molecule has 0 radical (unpaired) electrons. The Balaban J connectivity index is 1.73. The van der Waals surface area contributed by atoms with Gasteiger partial charge in [0.05, 0.1) is 5.60 Å². The van der Waals surface area contributed by atoms with Gasteiger partial charge in [-0.3, -0.25) is 4.98 Å². The molecule has 6 nitrogen and oxygen atoms in total. The van der Waals surface area contributed by atoms with Gasteiger partial charge in [-0.15, -0.1) is 10.2 Å². The van der Waals surface area contributed by atoms with E-state index in [-0.39, 0.29) is 23.0 Å². The van der Waals surface area contributed by atoms with Crippen LogP contribution in [0.4, 0.5) is 14.6 Å². The molecule has 3 heterocycles. The maximum atomic E-state index is 12.9. The summed E-state index contributed by atoms with van der Waals surface area (Å²) in [6, 6.07) is 5.74. The number of alkyl halides is 2. The normalized spacial score (nSPS) is 18.9. The minimum Gasteiger partial charge on any atom is -0.507 e. The molecule has 1 atom stereocenters. The zero-order valence-electron chi connectivity index (χ0n) is 16.2. The third-order valence-electron chi connectivity index (χ3n) is 5.15. The molecule has 0 bridgehead atoms. The third kappa shape index (κ3) is 3.98. The van der Waals surface area contributed by atoms with Gasteiger partial charge in [0.15, 0.2) is 5.82 Å². The lowest BCUT2D eigenvalue weighted by atomic mass is 9.94. The Morgan fingerprint density at radius 1 is 1.21 bits per heavy atom.